The van der Waals surface area contributed by atoms with Crippen LogP contribution in [0.2, 0.25) is 0 Å². The molecule has 2 saturated heterocycles. The fourth-order valence-corrected chi connectivity index (χ4v) is 3.29. The Morgan fingerprint density at radius 3 is 3.19 bits per heavy atom. The molecular formula is C11H16N2O3. The Kier molecular flexibility index (Phi) is 2.17. The number of aliphatic carboxylic acids is 1. The first-order valence-electron chi connectivity index (χ1n) is 5.88. The third-order valence-corrected chi connectivity index (χ3v) is 3.86. The van der Waals surface area contributed by atoms with Gasteiger partial charge in [-0.25, -0.2) is 4.79 Å². The summed E-state index contributed by atoms with van der Waals surface area (Å²) in [6, 6.07) is 0. The van der Waals surface area contributed by atoms with Gasteiger partial charge in [-0.15, -0.1) is 0 Å². The summed E-state index contributed by atoms with van der Waals surface area (Å²) >= 11 is 0. The molecule has 1 N–H and O–H groups in total. The molecule has 2 fully saturated rings. The van der Waals surface area contributed by atoms with Crippen molar-refractivity contribution in [2.24, 2.45) is 11.1 Å². The van der Waals surface area contributed by atoms with Gasteiger partial charge in [0.2, 0.25) is 0 Å². The molecule has 1 spiro atoms. The minimum Gasteiger partial charge on any atom is -0.477 e. The Balaban J connectivity index is 1.74. The van der Waals surface area contributed by atoms with E-state index in [9.17, 15) is 4.79 Å². The maximum Gasteiger partial charge on any atom is 0.353 e. The van der Waals surface area contributed by atoms with Crippen molar-refractivity contribution in [3.8, 4) is 0 Å². The van der Waals surface area contributed by atoms with Crippen LogP contribution in [0, 0.1) is 5.92 Å². The van der Waals surface area contributed by atoms with E-state index in [1.165, 1.54) is 12.8 Å². The Labute approximate surface area is 94.0 Å². The molecule has 3 unspecified atom stereocenters. The number of rotatable bonds is 1. The highest BCUT2D eigenvalue weighted by molar-refractivity contribution is 6.36. The topological polar surface area (TPSA) is 62.1 Å². The first kappa shape index (κ1) is 10.1. The average molecular weight is 224 g/mol. The highest BCUT2D eigenvalue weighted by Gasteiger charge is 2.48. The van der Waals surface area contributed by atoms with Crippen molar-refractivity contribution in [1.29, 1.82) is 0 Å². The average Bonchev–Trinajstić information content (AvgIpc) is 2.61. The van der Waals surface area contributed by atoms with Crippen LogP contribution in [-0.2, 0) is 9.63 Å². The molecule has 0 radical (unpaired) electrons. The van der Waals surface area contributed by atoms with Crippen LogP contribution in [0.25, 0.3) is 0 Å². The van der Waals surface area contributed by atoms with E-state index in [4.69, 9.17) is 9.94 Å². The number of oxime groups is 1. The zero-order valence-corrected chi connectivity index (χ0v) is 9.19. The van der Waals surface area contributed by atoms with Gasteiger partial charge in [-0.2, -0.15) is 0 Å². The molecule has 5 heteroatoms. The number of hydrogen-bond donors (Lipinski definition) is 1. The SMILES string of the molecule is O=C(O)C1=NOC2(C1)CC1CCCN(C1)C2. The largest absolute Gasteiger partial charge is 0.477 e. The van der Waals surface area contributed by atoms with Gasteiger partial charge in [0.15, 0.2) is 11.3 Å². The van der Waals surface area contributed by atoms with E-state index in [-0.39, 0.29) is 11.3 Å². The number of carbonyl (C=O) groups is 1. The summed E-state index contributed by atoms with van der Waals surface area (Å²) in [5.41, 5.74) is -0.155. The molecule has 3 atom stereocenters. The summed E-state index contributed by atoms with van der Waals surface area (Å²) in [5.74, 6) is -0.284. The second-order valence-corrected chi connectivity index (χ2v) is 5.24. The van der Waals surface area contributed by atoms with E-state index < -0.39 is 5.97 Å². The molecule has 3 aliphatic rings. The van der Waals surface area contributed by atoms with Crippen LogP contribution in [-0.4, -0.2) is 46.9 Å². The second-order valence-electron chi connectivity index (χ2n) is 5.24. The van der Waals surface area contributed by atoms with Crippen LogP contribution < -0.4 is 0 Å². The molecule has 0 aliphatic carbocycles. The van der Waals surface area contributed by atoms with E-state index in [2.05, 4.69) is 10.1 Å². The maximum atomic E-state index is 10.8. The summed E-state index contributed by atoms with van der Waals surface area (Å²) in [7, 11) is 0. The van der Waals surface area contributed by atoms with Gasteiger partial charge in [0.1, 0.15) is 0 Å². The summed E-state index contributed by atoms with van der Waals surface area (Å²) in [4.78, 5) is 18.7. The van der Waals surface area contributed by atoms with Crippen LogP contribution >= 0.6 is 0 Å². The van der Waals surface area contributed by atoms with Crippen molar-refractivity contribution < 1.29 is 14.7 Å². The quantitative estimate of drug-likeness (QED) is 0.712. The van der Waals surface area contributed by atoms with E-state index in [0.29, 0.717) is 12.3 Å². The lowest BCUT2D eigenvalue weighted by molar-refractivity contribution is -0.129. The number of carboxylic acids is 1. The third kappa shape index (κ3) is 1.59. The van der Waals surface area contributed by atoms with E-state index >= 15 is 0 Å². The van der Waals surface area contributed by atoms with Crippen LogP contribution in [0.5, 0.6) is 0 Å². The van der Waals surface area contributed by atoms with Gasteiger partial charge in [-0.1, -0.05) is 5.16 Å². The Hall–Kier alpha value is -1.10. The van der Waals surface area contributed by atoms with Crippen molar-refractivity contribution in [2.75, 3.05) is 19.6 Å². The molecule has 0 aromatic rings. The zero-order valence-electron chi connectivity index (χ0n) is 9.19. The Morgan fingerprint density at radius 2 is 2.50 bits per heavy atom. The third-order valence-electron chi connectivity index (χ3n) is 3.86. The van der Waals surface area contributed by atoms with Crippen molar-refractivity contribution in [1.82, 2.24) is 4.90 Å². The van der Waals surface area contributed by atoms with Gasteiger partial charge in [0, 0.05) is 19.5 Å². The number of fused-ring (bicyclic) bond motifs is 2. The predicted molar refractivity (Wildman–Crippen MR) is 57.3 cm³/mol. The van der Waals surface area contributed by atoms with Crippen molar-refractivity contribution in [3.63, 3.8) is 0 Å². The van der Waals surface area contributed by atoms with Crippen LogP contribution in [0.4, 0.5) is 0 Å². The van der Waals surface area contributed by atoms with Gasteiger partial charge in [0.05, 0.1) is 0 Å². The Morgan fingerprint density at radius 1 is 1.62 bits per heavy atom. The number of hydrogen-bond acceptors (Lipinski definition) is 4. The van der Waals surface area contributed by atoms with Crippen LogP contribution in [0.3, 0.4) is 0 Å². The van der Waals surface area contributed by atoms with Crippen LogP contribution in [0.1, 0.15) is 25.7 Å². The predicted octanol–water partition coefficient (Wildman–Crippen LogP) is 0.702. The summed E-state index contributed by atoms with van der Waals surface area (Å²) in [6.07, 6.45) is 3.93. The van der Waals surface area contributed by atoms with Gasteiger partial charge < -0.3 is 9.94 Å². The first-order chi connectivity index (χ1) is 7.67. The van der Waals surface area contributed by atoms with E-state index in [1.54, 1.807) is 0 Å². The minimum atomic E-state index is -0.942. The van der Waals surface area contributed by atoms with Gasteiger partial charge in [0.25, 0.3) is 0 Å². The first-order valence-corrected chi connectivity index (χ1v) is 5.88. The smallest absolute Gasteiger partial charge is 0.353 e. The van der Waals surface area contributed by atoms with Gasteiger partial charge >= 0.3 is 5.97 Å². The number of carboxylic acid groups (broad SMARTS) is 1. The maximum absolute atomic E-state index is 10.8. The molecule has 2 bridgehead atoms. The van der Waals surface area contributed by atoms with Crippen molar-refractivity contribution in [3.05, 3.63) is 0 Å². The molecule has 0 aromatic heterocycles. The summed E-state index contributed by atoms with van der Waals surface area (Å²) in [5, 5.41) is 12.6. The zero-order chi connectivity index (χ0) is 11.2. The summed E-state index contributed by atoms with van der Waals surface area (Å²) in [6.45, 7) is 3.10. The normalized spacial score (nSPS) is 41.6. The molecule has 3 aliphatic heterocycles. The summed E-state index contributed by atoms with van der Waals surface area (Å²) < 4.78 is 0. The molecule has 3 heterocycles. The molecule has 0 amide bonds. The Bertz CT molecular complexity index is 341. The monoisotopic (exact) mass is 224 g/mol. The van der Waals surface area contributed by atoms with Gasteiger partial charge in [-0.05, 0) is 31.7 Å². The lowest BCUT2D eigenvalue weighted by atomic mass is 9.78. The fraction of sp³-hybridized carbons (Fsp3) is 0.818. The molecule has 16 heavy (non-hydrogen) atoms. The van der Waals surface area contributed by atoms with Gasteiger partial charge in [-0.3, -0.25) is 4.90 Å². The van der Waals surface area contributed by atoms with Crippen molar-refractivity contribution in [2.45, 2.75) is 31.3 Å². The highest BCUT2D eigenvalue weighted by Crippen LogP contribution is 2.39. The van der Waals surface area contributed by atoms with E-state index in [0.717, 1.165) is 26.1 Å². The lowest BCUT2D eigenvalue weighted by Gasteiger charge is -2.45. The number of piperidine rings is 2. The lowest BCUT2D eigenvalue weighted by Crippen LogP contribution is -2.54. The molecular weight excluding hydrogens is 208 g/mol. The molecule has 88 valence electrons. The molecule has 0 aromatic carbocycles. The molecule has 5 nitrogen and oxygen atoms in total. The fourth-order valence-electron chi connectivity index (χ4n) is 3.29. The standard InChI is InChI=1S/C11H16N2O3/c14-10(15)9-5-11(16-12-9)4-8-2-1-3-13(6-8)7-11/h8H,1-7H2,(H,14,15). The second kappa shape index (κ2) is 3.45. The van der Waals surface area contributed by atoms with Crippen molar-refractivity contribution >= 4 is 11.7 Å². The molecule has 0 saturated carbocycles. The highest BCUT2D eigenvalue weighted by atomic mass is 16.7. The molecule has 3 rings (SSSR count). The minimum absolute atomic E-state index is 0.182. The van der Waals surface area contributed by atoms with Crippen LogP contribution in [0.15, 0.2) is 5.16 Å². The number of nitrogens with zero attached hydrogens (tertiary/aromatic N) is 2. The van der Waals surface area contributed by atoms with E-state index in [1.807, 2.05) is 0 Å².